The number of ether oxygens (including phenoxy) is 2. The molecule has 0 radical (unpaired) electrons. The van der Waals surface area contributed by atoms with E-state index in [4.69, 9.17) is 20.2 Å². The number of carbonyl (C=O) groups is 1. The number of thioether (sulfide) groups is 1. The van der Waals surface area contributed by atoms with Crippen LogP contribution in [0.1, 0.15) is 40.7 Å². The van der Waals surface area contributed by atoms with Crippen LogP contribution in [0.3, 0.4) is 0 Å². The Hall–Kier alpha value is -2.67. The first-order valence-electron chi connectivity index (χ1n) is 10.7. The van der Waals surface area contributed by atoms with Gasteiger partial charge in [-0.1, -0.05) is 29.5 Å². The molecule has 2 aromatic rings. The second-order valence-corrected chi connectivity index (χ2v) is 9.64. The van der Waals surface area contributed by atoms with E-state index in [0.717, 1.165) is 36.3 Å². The van der Waals surface area contributed by atoms with Gasteiger partial charge >= 0.3 is 0 Å². The standard InChI is InChI=1S/C24H27N3O3S/c1-14-6-8-20-18(10-14)24(13-31-23(25)27-24)19-12-16(7-9-21(19)30-20)26-22(28)15-4-3-5-17(11-15)29-2/h3-6,8,10-11,16,19,21H,7,9,12-13H2,1-2H3,(H2,25,27)(H,26,28). The highest BCUT2D eigenvalue weighted by atomic mass is 32.2. The number of benzene rings is 2. The maximum atomic E-state index is 12.9. The lowest BCUT2D eigenvalue weighted by Crippen LogP contribution is -2.54. The number of aliphatic imine (C=N–C) groups is 1. The average molecular weight is 438 g/mol. The van der Waals surface area contributed by atoms with Crippen LogP contribution in [0.25, 0.3) is 0 Å². The summed E-state index contributed by atoms with van der Waals surface area (Å²) in [6, 6.07) is 13.7. The highest BCUT2D eigenvalue weighted by molar-refractivity contribution is 8.14. The second kappa shape index (κ2) is 7.79. The third-order valence-electron chi connectivity index (χ3n) is 6.70. The van der Waals surface area contributed by atoms with E-state index in [1.807, 2.05) is 18.2 Å². The number of nitrogens with two attached hydrogens (primary N) is 1. The zero-order chi connectivity index (χ0) is 21.6. The van der Waals surface area contributed by atoms with Crippen LogP contribution in [0.2, 0.25) is 0 Å². The van der Waals surface area contributed by atoms with Crippen molar-refractivity contribution in [1.82, 2.24) is 5.32 Å². The average Bonchev–Trinajstić information content (AvgIpc) is 3.17. The van der Waals surface area contributed by atoms with Crippen molar-refractivity contribution in [3.05, 3.63) is 59.2 Å². The molecule has 4 atom stereocenters. The fraction of sp³-hybridized carbons (Fsp3) is 0.417. The second-order valence-electron chi connectivity index (χ2n) is 8.64. The maximum Gasteiger partial charge on any atom is 0.251 e. The van der Waals surface area contributed by atoms with Gasteiger partial charge < -0.3 is 20.5 Å². The van der Waals surface area contributed by atoms with Crippen molar-refractivity contribution >= 4 is 22.8 Å². The molecular formula is C24H27N3O3S. The van der Waals surface area contributed by atoms with E-state index in [9.17, 15) is 4.79 Å². The number of amides is 1. The van der Waals surface area contributed by atoms with Crippen molar-refractivity contribution in [2.75, 3.05) is 12.9 Å². The Morgan fingerprint density at radius 2 is 2.16 bits per heavy atom. The Kier molecular flexibility index (Phi) is 5.08. The molecule has 2 heterocycles. The highest BCUT2D eigenvalue weighted by Crippen LogP contribution is 2.54. The topological polar surface area (TPSA) is 85.9 Å². The van der Waals surface area contributed by atoms with Crippen LogP contribution in [0, 0.1) is 12.8 Å². The molecule has 1 saturated carbocycles. The normalized spacial score (nSPS) is 28.8. The third kappa shape index (κ3) is 3.55. The summed E-state index contributed by atoms with van der Waals surface area (Å²) in [5.74, 6) is 2.50. The molecule has 4 unspecified atom stereocenters. The number of nitrogens with zero attached hydrogens (tertiary/aromatic N) is 1. The molecule has 7 heteroatoms. The maximum absolute atomic E-state index is 12.9. The summed E-state index contributed by atoms with van der Waals surface area (Å²) in [7, 11) is 1.60. The summed E-state index contributed by atoms with van der Waals surface area (Å²) in [6.45, 7) is 2.09. The van der Waals surface area contributed by atoms with Gasteiger partial charge in [0.05, 0.1) is 7.11 Å². The van der Waals surface area contributed by atoms with Crippen LogP contribution >= 0.6 is 11.8 Å². The third-order valence-corrected chi connectivity index (χ3v) is 7.67. The van der Waals surface area contributed by atoms with Crippen molar-refractivity contribution in [2.24, 2.45) is 16.6 Å². The van der Waals surface area contributed by atoms with Gasteiger partial charge in [-0.2, -0.15) is 0 Å². The molecule has 162 valence electrons. The van der Waals surface area contributed by atoms with Crippen LogP contribution in [0.15, 0.2) is 47.5 Å². The molecule has 31 heavy (non-hydrogen) atoms. The number of carbonyl (C=O) groups excluding carboxylic acids is 1. The van der Waals surface area contributed by atoms with Crippen LogP contribution in [-0.4, -0.2) is 36.1 Å². The van der Waals surface area contributed by atoms with E-state index in [2.05, 4.69) is 30.4 Å². The van der Waals surface area contributed by atoms with Crippen LogP contribution < -0.4 is 20.5 Å². The van der Waals surface area contributed by atoms with Crippen molar-refractivity contribution < 1.29 is 14.3 Å². The molecule has 1 aliphatic carbocycles. The molecule has 1 amide bonds. The number of aryl methyl sites for hydroxylation is 1. The van der Waals surface area contributed by atoms with E-state index >= 15 is 0 Å². The predicted molar refractivity (Wildman–Crippen MR) is 123 cm³/mol. The number of hydrogen-bond acceptors (Lipinski definition) is 6. The van der Waals surface area contributed by atoms with Gasteiger partial charge in [-0.15, -0.1) is 0 Å². The lowest BCUT2D eigenvalue weighted by Gasteiger charge is -2.48. The molecule has 1 spiro atoms. The lowest BCUT2D eigenvalue weighted by atomic mass is 9.67. The summed E-state index contributed by atoms with van der Waals surface area (Å²) < 4.78 is 11.7. The summed E-state index contributed by atoms with van der Waals surface area (Å²) in [4.78, 5) is 17.9. The molecule has 2 aliphatic heterocycles. The van der Waals surface area contributed by atoms with Crippen LogP contribution in [0.5, 0.6) is 11.5 Å². The van der Waals surface area contributed by atoms with Gasteiger partial charge in [-0.25, -0.2) is 4.99 Å². The van der Waals surface area contributed by atoms with Crippen LogP contribution in [-0.2, 0) is 5.54 Å². The van der Waals surface area contributed by atoms with Gasteiger partial charge in [0.25, 0.3) is 5.91 Å². The largest absolute Gasteiger partial charge is 0.497 e. The Bertz CT molecular complexity index is 1060. The minimum Gasteiger partial charge on any atom is -0.497 e. The number of methoxy groups -OCH3 is 1. The number of amidine groups is 1. The summed E-state index contributed by atoms with van der Waals surface area (Å²) in [6.07, 6.45) is 2.64. The summed E-state index contributed by atoms with van der Waals surface area (Å²) in [5, 5.41) is 3.87. The Balaban J connectivity index is 1.42. The quantitative estimate of drug-likeness (QED) is 0.766. The number of rotatable bonds is 3. The number of nitrogens with one attached hydrogen (secondary N) is 1. The minimum absolute atomic E-state index is 0.0637. The minimum atomic E-state index is -0.390. The molecule has 2 aromatic carbocycles. The molecule has 0 bridgehead atoms. The summed E-state index contributed by atoms with van der Waals surface area (Å²) in [5.41, 5.74) is 8.69. The van der Waals surface area contributed by atoms with Gasteiger partial charge in [0.2, 0.25) is 0 Å². The van der Waals surface area contributed by atoms with Gasteiger partial charge in [-0.05, 0) is 56.5 Å². The van der Waals surface area contributed by atoms with Gasteiger partial charge in [0.15, 0.2) is 5.17 Å². The molecule has 0 aromatic heterocycles. The van der Waals surface area contributed by atoms with Gasteiger partial charge in [-0.3, -0.25) is 4.79 Å². The van der Waals surface area contributed by atoms with Crippen molar-refractivity contribution in [3.63, 3.8) is 0 Å². The Labute approximate surface area is 186 Å². The molecule has 3 aliphatic rings. The molecular weight excluding hydrogens is 410 g/mol. The van der Waals surface area contributed by atoms with Gasteiger partial charge in [0, 0.05) is 28.8 Å². The molecule has 3 N–H and O–H groups in total. The molecule has 1 fully saturated rings. The first-order valence-corrected chi connectivity index (χ1v) is 11.7. The van der Waals surface area contributed by atoms with E-state index in [-0.39, 0.29) is 24.0 Å². The monoisotopic (exact) mass is 437 g/mol. The zero-order valence-electron chi connectivity index (χ0n) is 17.8. The Morgan fingerprint density at radius 3 is 2.94 bits per heavy atom. The summed E-state index contributed by atoms with van der Waals surface area (Å²) >= 11 is 1.61. The fourth-order valence-corrected chi connectivity index (χ4v) is 6.20. The lowest BCUT2D eigenvalue weighted by molar-refractivity contribution is 0.0155. The molecule has 5 rings (SSSR count). The first kappa shape index (κ1) is 20.2. The zero-order valence-corrected chi connectivity index (χ0v) is 18.6. The van der Waals surface area contributed by atoms with Crippen molar-refractivity contribution in [1.29, 1.82) is 0 Å². The SMILES string of the molecule is COc1cccc(C(=O)NC2CCC3Oc4ccc(C)cc4C4(CSC(N)=N4)C3C2)c1. The molecule has 6 nitrogen and oxygen atoms in total. The van der Waals surface area contributed by atoms with E-state index < -0.39 is 5.54 Å². The van der Waals surface area contributed by atoms with E-state index in [1.54, 1.807) is 24.9 Å². The number of hydrogen-bond donors (Lipinski definition) is 2. The van der Waals surface area contributed by atoms with Gasteiger partial charge in [0.1, 0.15) is 23.1 Å². The fourth-order valence-electron chi connectivity index (χ4n) is 5.17. The highest BCUT2D eigenvalue weighted by Gasteiger charge is 2.54. The first-order chi connectivity index (χ1) is 15.0. The smallest absolute Gasteiger partial charge is 0.251 e. The Morgan fingerprint density at radius 1 is 1.29 bits per heavy atom. The van der Waals surface area contributed by atoms with Crippen LogP contribution in [0.4, 0.5) is 0 Å². The van der Waals surface area contributed by atoms with E-state index in [1.165, 1.54) is 5.56 Å². The predicted octanol–water partition coefficient (Wildman–Crippen LogP) is 3.62. The van der Waals surface area contributed by atoms with Crippen molar-refractivity contribution in [2.45, 2.75) is 43.9 Å². The van der Waals surface area contributed by atoms with Crippen molar-refractivity contribution in [3.8, 4) is 11.5 Å². The number of fused-ring (bicyclic) bond motifs is 4. The van der Waals surface area contributed by atoms with E-state index in [0.29, 0.717) is 16.5 Å². The molecule has 0 saturated heterocycles.